The van der Waals surface area contributed by atoms with Gasteiger partial charge in [-0.25, -0.2) is 0 Å². The zero-order chi connectivity index (χ0) is 65.5. The molecule has 5 aromatic carbocycles. The number of para-hydroxylation sites is 5. The smallest absolute Gasteiger partial charge is 0.131 e. The molecule has 0 aliphatic heterocycles. The molecule has 0 saturated heterocycles. The second-order valence-corrected chi connectivity index (χ2v) is 22.2. The van der Waals surface area contributed by atoms with Crippen molar-refractivity contribution in [1.29, 1.82) is 0 Å². The molecule has 10 heteroatoms. The second-order valence-electron chi connectivity index (χ2n) is 22.2. The molecule has 3 unspecified atom stereocenters. The van der Waals surface area contributed by atoms with E-state index in [0.29, 0.717) is 0 Å². The maximum atomic E-state index is 2.23. The Balaban J connectivity index is -0.0000000576. The van der Waals surface area contributed by atoms with Crippen LogP contribution in [0.25, 0.3) is 0 Å². The lowest BCUT2D eigenvalue weighted by Crippen LogP contribution is -3.08. The molecule has 0 aliphatic rings. The molecule has 3 atom stereocenters. The van der Waals surface area contributed by atoms with Crippen LogP contribution in [0.5, 0.6) is 0 Å². The first kappa shape index (κ1) is 127. The van der Waals surface area contributed by atoms with Crippen LogP contribution < -0.4 is 49.0 Å². The molecule has 0 bridgehead atoms. The van der Waals surface area contributed by atoms with Gasteiger partial charge >= 0.3 is 0 Å². The topological polar surface area (TPSA) is 44.4 Å². The van der Waals surface area contributed by atoms with Crippen molar-refractivity contribution in [3.63, 3.8) is 0 Å². The molecule has 0 aromatic heterocycles. The minimum absolute atomic E-state index is 0. The summed E-state index contributed by atoms with van der Waals surface area (Å²) in [6, 6.07) is 53.1. The van der Waals surface area contributed by atoms with Crippen molar-refractivity contribution in [2.45, 2.75) is 212 Å². The molecule has 0 fully saturated rings. The number of nitrogens with one attached hydrogen (secondary N) is 10. The van der Waals surface area contributed by atoms with Crippen molar-refractivity contribution in [2.24, 2.45) is 0 Å². The fourth-order valence-corrected chi connectivity index (χ4v) is 7.78. The molecule has 0 amide bonds. The highest BCUT2D eigenvalue weighted by Crippen LogP contribution is 2.01. The Morgan fingerprint density at radius 3 is 0.495 bits per heavy atom. The molecule has 10 nitrogen and oxygen atoms in total. The summed E-state index contributed by atoms with van der Waals surface area (Å²) < 4.78 is 0. The average molecular weight is 1350 g/mol. The number of rotatable bonds is 25. The van der Waals surface area contributed by atoms with Crippen LogP contribution in [-0.4, -0.2) is 167 Å². The van der Waals surface area contributed by atoms with Crippen molar-refractivity contribution < 1.29 is 49.0 Å². The molecular weight excluding hydrogens is 1160 g/mol. The van der Waals surface area contributed by atoms with Crippen LogP contribution in [0, 0.1) is 0 Å². The van der Waals surface area contributed by atoms with Gasteiger partial charge in [-0.15, -0.1) is 0 Å². The van der Waals surface area contributed by atoms with E-state index >= 15 is 0 Å². The van der Waals surface area contributed by atoms with E-state index in [1.54, 1.807) is 39.2 Å². The fourth-order valence-electron chi connectivity index (χ4n) is 7.78. The summed E-state index contributed by atoms with van der Waals surface area (Å²) in [5.74, 6) is 0. The lowest BCUT2D eigenvalue weighted by Gasteiger charge is -2.15. The van der Waals surface area contributed by atoms with Crippen molar-refractivity contribution in [1.82, 2.24) is 0 Å². The number of hydrogen-bond acceptors (Lipinski definition) is 0. The minimum Gasteiger partial charge on any atom is -0.340 e. The zero-order valence-electron chi connectivity index (χ0n) is 61.1. The maximum Gasteiger partial charge on any atom is 0.131 e. The van der Waals surface area contributed by atoms with Gasteiger partial charge < -0.3 is 49.0 Å². The summed E-state index contributed by atoms with van der Waals surface area (Å²) in [5.41, 5.74) is 6.99. The third kappa shape index (κ3) is 78.6. The SMILES string of the molecule is C.C.C.C.C.C.C.C.C.C.CCC[NH+](C)CC.CCC[NH+](CC)c1ccccc1.CC[NH+](C)C.CC[NH+](C)CC.CC[NH+](C)CC.CC[NH+](C)CC.CC[NH+](C)c1ccccc1.CC[NH+](CC)c1ccccc1.CC[NH+](CC)c1ccccc1.CC[NH+](CC)c1ccccc1. The van der Waals surface area contributed by atoms with Crippen LogP contribution in [0.4, 0.5) is 28.4 Å². The van der Waals surface area contributed by atoms with Gasteiger partial charge in [-0.1, -0.05) is 179 Å². The van der Waals surface area contributed by atoms with Gasteiger partial charge in [-0.3, -0.25) is 0 Å². The molecule has 0 saturated carbocycles. The largest absolute Gasteiger partial charge is 0.340 e. The third-order valence-corrected chi connectivity index (χ3v) is 15.7. The van der Waals surface area contributed by atoms with Crippen molar-refractivity contribution in [3.05, 3.63) is 152 Å². The first-order valence-electron chi connectivity index (χ1n) is 34.4. The van der Waals surface area contributed by atoms with Gasteiger partial charge in [0.1, 0.15) is 28.4 Å². The van der Waals surface area contributed by atoms with Crippen LogP contribution in [0.1, 0.15) is 212 Å². The summed E-state index contributed by atoms with van der Waals surface area (Å²) in [6.07, 6.45) is 2.55. The average Bonchev–Trinajstić information content (AvgIpc) is 1.33. The van der Waals surface area contributed by atoms with Gasteiger partial charge in [0.2, 0.25) is 0 Å². The summed E-state index contributed by atoms with van der Waals surface area (Å²) >= 11 is 0. The molecule has 95 heavy (non-hydrogen) atoms. The van der Waals surface area contributed by atoms with Crippen LogP contribution in [0.3, 0.4) is 0 Å². The first-order chi connectivity index (χ1) is 40.9. The summed E-state index contributed by atoms with van der Waals surface area (Å²) in [6.45, 7) is 61.5. The Morgan fingerprint density at radius 2 is 0.368 bits per heavy atom. The molecule has 0 heterocycles. The number of hydrogen-bond donors (Lipinski definition) is 10. The molecule has 0 spiro atoms. The highest BCUT2D eigenvalue weighted by atomic mass is 15.1. The highest BCUT2D eigenvalue weighted by Gasteiger charge is 2.08. The Bertz CT molecular complexity index is 1800. The van der Waals surface area contributed by atoms with E-state index in [0.717, 1.165) is 6.54 Å². The van der Waals surface area contributed by atoms with E-state index in [9.17, 15) is 0 Å². The molecule has 10 N–H and O–H groups in total. The van der Waals surface area contributed by atoms with Gasteiger partial charge in [0.15, 0.2) is 0 Å². The van der Waals surface area contributed by atoms with Crippen LogP contribution in [-0.2, 0) is 0 Å². The van der Waals surface area contributed by atoms with Crippen molar-refractivity contribution in [3.8, 4) is 0 Å². The molecule has 0 radical (unpaired) electrons. The van der Waals surface area contributed by atoms with Gasteiger partial charge in [0.25, 0.3) is 0 Å². The number of benzene rings is 5. The van der Waals surface area contributed by atoms with Gasteiger partial charge in [-0.05, 0) is 184 Å². The van der Waals surface area contributed by atoms with Crippen molar-refractivity contribution in [2.75, 3.05) is 167 Å². The van der Waals surface area contributed by atoms with E-state index in [-0.39, 0.29) is 74.3 Å². The molecule has 5 aromatic rings. The van der Waals surface area contributed by atoms with E-state index in [2.05, 4.69) is 320 Å². The second kappa shape index (κ2) is 96.1. The molecular formula is C85H190N10+10. The normalized spacial score (nSPS) is 10.1. The standard InChI is InChI=1S/C11H17N.3C10H15N.C9H13N.C6H15N.3C5H13N.C4H11N.10CH4/c1-3-10-12(4-2)11-8-6-5-7-9-11;3*1-3-11(4-2)10-8-6-5-7-9-10;1-3-10(2)9-7-5-4-6-8-9;1-4-6-7(3)5-2;3*1-4-6(3)5-2;1-4-5(2)3;;;;;;;;;;/h5-9H,3-4,10H2,1-2H3;3*5-9H,3-4H2,1-2H3;4-8H,3H2,1-2H3;4-6H2,1-3H3;3*4-5H2,1-3H3;4H2,1-3H3;10*1H4/p+10. The fraction of sp³-hybridized carbons (Fsp3) is 0.647. The predicted octanol–water partition coefficient (Wildman–Crippen LogP) is 10.3. The Kier molecular flexibility index (Phi) is 129. The summed E-state index contributed by atoms with van der Waals surface area (Å²) in [4.78, 5) is 15.6. The van der Waals surface area contributed by atoms with Gasteiger partial charge in [0.05, 0.1) is 167 Å². The van der Waals surface area contributed by atoms with E-state index in [4.69, 9.17) is 0 Å². The number of quaternary nitrogens is 10. The van der Waals surface area contributed by atoms with Crippen molar-refractivity contribution >= 4 is 28.4 Å². The third-order valence-electron chi connectivity index (χ3n) is 15.7. The highest BCUT2D eigenvalue weighted by molar-refractivity contribution is 5.30. The van der Waals surface area contributed by atoms with Crippen LogP contribution in [0.2, 0.25) is 0 Å². The minimum atomic E-state index is 0. The Morgan fingerprint density at radius 1 is 0.189 bits per heavy atom. The summed E-state index contributed by atoms with van der Waals surface area (Å²) in [5, 5.41) is 0. The molecule has 570 valence electrons. The van der Waals surface area contributed by atoms with E-state index in [1.165, 1.54) is 162 Å². The monoisotopic (exact) mass is 1350 g/mol. The first-order valence-corrected chi connectivity index (χ1v) is 34.4. The lowest BCUT2D eigenvalue weighted by molar-refractivity contribution is -0.877. The Labute approximate surface area is 604 Å². The van der Waals surface area contributed by atoms with Gasteiger partial charge in [-0.2, -0.15) is 0 Å². The predicted molar refractivity (Wildman–Crippen MR) is 448 cm³/mol. The summed E-state index contributed by atoms with van der Waals surface area (Å²) in [7, 11) is 15.3. The van der Waals surface area contributed by atoms with Gasteiger partial charge in [0, 0.05) is 0 Å². The maximum absolute atomic E-state index is 2.23. The van der Waals surface area contributed by atoms with Crippen LogP contribution >= 0.6 is 0 Å². The lowest BCUT2D eigenvalue weighted by atomic mass is 10.3. The molecule has 5 rings (SSSR count). The van der Waals surface area contributed by atoms with Crippen LogP contribution in [0.15, 0.2) is 152 Å². The molecule has 0 aliphatic carbocycles. The van der Waals surface area contributed by atoms with E-state index in [1.807, 2.05) is 6.07 Å². The van der Waals surface area contributed by atoms with E-state index < -0.39 is 0 Å². The quantitative estimate of drug-likeness (QED) is 0.0277. The zero-order valence-corrected chi connectivity index (χ0v) is 61.1. The Hall–Kier alpha value is -4.30.